The molecule has 118 valence electrons. The van der Waals surface area contributed by atoms with E-state index in [2.05, 4.69) is 4.98 Å². The molecule has 0 radical (unpaired) electrons. The number of aromatic nitrogens is 1. The minimum atomic E-state index is -0.583. The van der Waals surface area contributed by atoms with Crippen LogP contribution >= 0.6 is 0 Å². The molecule has 1 aromatic carbocycles. The van der Waals surface area contributed by atoms with Crippen LogP contribution in [0.2, 0.25) is 0 Å². The number of benzene rings is 1. The highest BCUT2D eigenvalue weighted by atomic mass is 16.2. The molecule has 0 unspecified atom stereocenters. The fraction of sp³-hybridized carbons (Fsp3) is 0.263. The molecule has 0 N–H and O–H groups in total. The van der Waals surface area contributed by atoms with E-state index in [4.69, 9.17) is 0 Å². The molecule has 1 saturated carbocycles. The van der Waals surface area contributed by atoms with Crippen LogP contribution < -0.4 is 4.90 Å². The number of fused-ring (bicyclic) bond motifs is 1. The van der Waals surface area contributed by atoms with Gasteiger partial charge in [0.1, 0.15) is 11.6 Å². The van der Waals surface area contributed by atoms with Crippen molar-refractivity contribution >= 4 is 23.4 Å². The first kappa shape index (κ1) is 13.6. The van der Waals surface area contributed by atoms with Gasteiger partial charge < -0.3 is 0 Å². The number of hydrogen-bond acceptors (Lipinski definition) is 4. The highest BCUT2D eigenvalue weighted by Crippen LogP contribution is 2.57. The lowest BCUT2D eigenvalue weighted by Gasteiger charge is -2.43. The summed E-state index contributed by atoms with van der Waals surface area (Å²) in [6.45, 7) is 0. The van der Waals surface area contributed by atoms with Crippen molar-refractivity contribution in [2.75, 3.05) is 4.90 Å². The van der Waals surface area contributed by atoms with Crippen molar-refractivity contribution in [1.29, 1.82) is 0 Å². The van der Waals surface area contributed by atoms with Gasteiger partial charge in [0.25, 0.3) is 0 Å². The van der Waals surface area contributed by atoms with Crippen molar-refractivity contribution < 1.29 is 14.4 Å². The number of nitrogens with zero attached hydrogens (tertiary/aromatic N) is 2. The van der Waals surface area contributed by atoms with E-state index in [1.54, 1.807) is 24.4 Å². The van der Waals surface area contributed by atoms with Crippen molar-refractivity contribution in [3.8, 4) is 0 Å². The summed E-state index contributed by atoms with van der Waals surface area (Å²) < 4.78 is 0. The van der Waals surface area contributed by atoms with Gasteiger partial charge in [0.05, 0.1) is 17.8 Å². The number of carbonyl (C=O) groups excluding carboxylic acids is 3. The van der Waals surface area contributed by atoms with Crippen LogP contribution in [0.5, 0.6) is 0 Å². The predicted molar refractivity (Wildman–Crippen MR) is 85.3 cm³/mol. The number of carbonyl (C=O) groups is 3. The maximum Gasteiger partial charge on any atom is 0.240 e. The van der Waals surface area contributed by atoms with Gasteiger partial charge in [0.2, 0.25) is 11.8 Å². The van der Waals surface area contributed by atoms with Crippen LogP contribution in [-0.2, 0) is 14.4 Å². The largest absolute Gasteiger partial charge is 0.299 e. The highest BCUT2D eigenvalue weighted by Gasteiger charge is 2.62. The van der Waals surface area contributed by atoms with Gasteiger partial charge in [-0.2, -0.15) is 0 Å². The van der Waals surface area contributed by atoms with Crippen LogP contribution in [0, 0.1) is 11.8 Å². The maximum atomic E-state index is 13.0. The summed E-state index contributed by atoms with van der Waals surface area (Å²) in [6.07, 6.45) is 1.91. The molecule has 5 nitrogen and oxygen atoms in total. The van der Waals surface area contributed by atoms with Gasteiger partial charge >= 0.3 is 0 Å². The number of ketones is 1. The zero-order chi connectivity index (χ0) is 16.4. The lowest BCUT2D eigenvalue weighted by Crippen LogP contribution is -2.44. The summed E-state index contributed by atoms with van der Waals surface area (Å²) in [5, 5.41) is 0. The number of anilines is 1. The summed E-state index contributed by atoms with van der Waals surface area (Å²) in [7, 11) is 0. The molecular formula is C19H14N2O3. The molecule has 5 heteroatoms. The Morgan fingerprint density at radius 1 is 0.875 bits per heavy atom. The number of Topliss-reactive ketones (excluding diaryl/α,β-unsaturated/α-hetero) is 1. The van der Waals surface area contributed by atoms with Gasteiger partial charge in [-0.3, -0.25) is 14.4 Å². The van der Waals surface area contributed by atoms with Crippen LogP contribution in [0.3, 0.4) is 0 Å². The quantitative estimate of drug-likeness (QED) is 0.755. The van der Waals surface area contributed by atoms with Crippen LogP contribution in [0.4, 0.5) is 5.82 Å². The first-order chi connectivity index (χ1) is 11.7. The van der Waals surface area contributed by atoms with Gasteiger partial charge in [-0.25, -0.2) is 9.88 Å². The van der Waals surface area contributed by atoms with E-state index in [1.807, 2.05) is 24.3 Å². The Kier molecular flexibility index (Phi) is 2.61. The Balaban J connectivity index is 1.68. The normalized spacial score (nSPS) is 30.5. The topological polar surface area (TPSA) is 67.3 Å². The van der Waals surface area contributed by atoms with E-state index in [0.29, 0.717) is 12.2 Å². The number of hydrogen-bond donors (Lipinski definition) is 0. The lowest BCUT2D eigenvalue weighted by atomic mass is 9.56. The molecular weight excluding hydrogens is 304 g/mol. The van der Waals surface area contributed by atoms with E-state index in [0.717, 1.165) is 11.1 Å². The molecule has 2 aromatic rings. The second kappa shape index (κ2) is 4.60. The number of amides is 2. The molecule has 4 atom stereocenters. The molecule has 3 aliphatic carbocycles. The maximum absolute atomic E-state index is 13.0. The molecule has 2 bridgehead atoms. The van der Waals surface area contributed by atoms with E-state index in [9.17, 15) is 14.4 Å². The molecule has 2 fully saturated rings. The molecule has 6 rings (SSSR count). The number of pyridine rings is 1. The average molecular weight is 318 g/mol. The summed E-state index contributed by atoms with van der Waals surface area (Å²) in [5.41, 5.74) is 1.97. The molecule has 4 aliphatic rings. The molecule has 1 aromatic heterocycles. The smallest absolute Gasteiger partial charge is 0.240 e. The first-order valence-corrected chi connectivity index (χ1v) is 8.09. The summed E-state index contributed by atoms with van der Waals surface area (Å²) in [4.78, 5) is 43.9. The van der Waals surface area contributed by atoms with Crippen molar-refractivity contribution in [3.63, 3.8) is 0 Å². The van der Waals surface area contributed by atoms with Crippen LogP contribution in [0.15, 0.2) is 48.7 Å². The van der Waals surface area contributed by atoms with Gasteiger partial charge in [0, 0.05) is 18.5 Å². The third-order valence-corrected chi connectivity index (χ3v) is 5.57. The Bertz CT molecular complexity index is 892. The predicted octanol–water partition coefficient (Wildman–Crippen LogP) is 2.04. The average Bonchev–Trinajstić information content (AvgIpc) is 2.88. The molecule has 0 spiro atoms. The number of rotatable bonds is 1. The van der Waals surface area contributed by atoms with E-state index in [1.165, 1.54) is 4.90 Å². The van der Waals surface area contributed by atoms with Crippen molar-refractivity contribution in [1.82, 2.24) is 4.98 Å². The second-order valence-corrected chi connectivity index (χ2v) is 6.63. The molecule has 2 amide bonds. The molecule has 2 heterocycles. The van der Waals surface area contributed by atoms with E-state index in [-0.39, 0.29) is 23.5 Å². The second-order valence-electron chi connectivity index (χ2n) is 6.63. The van der Waals surface area contributed by atoms with E-state index < -0.39 is 17.8 Å². The SMILES string of the molecule is O=C1C[C@@H]2c3ccccc3[C@@H]1[C@@H]1C(=O)N(c3ccccn3)C(=O)[C@@H]12. The van der Waals surface area contributed by atoms with Gasteiger partial charge in [-0.1, -0.05) is 30.3 Å². The summed E-state index contributed by atoms with van der Waals surface area (Å²) in [6, 6.07) is 12.9. The minimum absolute atomic E-state index is 0.0731. The van der Waals surface area contributed by atoms with E-state index >= 15 is 0 Å². The summed E-state index contributed by atoms with van der Waals surface area (Å²) >= 11 is 0. The Hall–Kier alpha value is -2.82. The Morgan fingerprint density at radius 2 is 1.58 bits per heavy atom. The van der Waals surface area contributed by atoms with Gasteiger partial charge in [-0.05, 0) is 23.3 Å². The summed E-state index contributed by atoms with van der Waals surface area (Å²) in [5.74, 6) is -1.82. The van der Waals surface area contributed by atoms with Crippen LogP contribution in [0.25, 0.3) is 0 Å². The van der Waals surface area contributed by atoms with Crippen molar-refractivity contribution in [3.05, 3.63) is 59.8 Å². The highest BCUT2D eigenvalue weighted by molar-refractivity contribution is 6.24. The zero-order valence-electron chi connectivity index (χ0n) is 12.8. The molecule has 1 saturated heterocycles. The Morgan fingerprint density at radius 3 is 2.33 bits per heavy atom. The van der Waals surface area contributed by atoms with Gasteiger partial charge in [0.15, 0.2) is 0 Å². The third kappa shape index (κ3) is 1.54. The van der Waals surface area contributed by atoms with Crippen LogP contribution in [0.1, 0.15) is 29.4 Å². The fourth-order valence-electron chi connectivity index (χ4n) is 4.67. The third-order valence-electron chi connectivity index (χ3n) is 5.57. The van der Waals surface area contributed by atoms with Crippen molar-refractivity contribution in [2.24, 2.45) is 11.8 Å². The Labute approximate surface area is 138 Å². The monoisotopic (exact) mass is 318 g/mol. The standard InChI is InChI=1S/C19H14N2O3/c22-13-9-12-10-5-1-2-6-11(10)15(13)17-16(12)18(23)21(19(17)24)14-7-3-4-8-20-14/h1-8,12,15-17H,9H2/t12-,15+,16-,17+/m1/s1. The first-order valence-electron chi connectivity index (χ1n) is 8.09. The van der Waals surface area contributed by atoms with Crippen molar-refractivity contribution in [2.45, 2.75) is 18.3 Å². The van der Waals surface area contributed by atoms with Gasteiger partial charge in [-0.15, -0.1) is 0 Å². The number of imide groups is 1. The molecule has 24 heavy (non-hydrogen) atoms. The lowest BCUT2D eigenvalue weighted by molar-refractivity contribution is -0.134. The fourth-order valence-corrected chi connectivity index (χ4v) is 4.67. The van der Waals surface area contributed by atoms with Crippen LogP contribution in [-0.4, -0.2) is 22.6 Å². The zero-order valence-corrected chi connectivity index (χ0v) is 12.8. The minimum Gasteiger partial charge on any atom is -0.299 e. The molecule has 1 aliphatic heterocycles.